The van der Waals surface area contributed by atoms with Crippen molar-refractivity contribution >= 4 is 28.1 Å². The second-order valence-corrected chi connectivity index (χ2v) is 9.53. The fraction of sp³-hybridized carbons (Fsp3) is 0.423. The quantitative estimate of drug-likeness (QED) is 0.232. The van der Waals surface area contributed by atoms with E-state index >= 15 is 0 Å². The van der Waals surface area contributed by atoms with Crippen molar-refractivity contribution in [1.82, 2.24) is 0 Å². The van der Waals surface area contributed by atoms with Crippen molar-refractivity contribution in [2.75, 3.05) is 19.8 Å². The van der Waals surface area contributed by atoms with E-state index in [0.717, 1.165) is 33.8 Å². The van der Waals surface area contributed by atoms with E-state index in [4.69, 9.17) is 14.2 Å². The average molecular weight is 472 g/mol. The van der Waals surface area contributed by atoms with Crippen LogP contribution in [-0.4, -0.2) is 37.1 Å². The van der Waals surface area contributed by atoms with E-state index < -0.39 is 28.8 Å². The Hall–Kier alpha value is -2.80. The lowest BCUT2D eigenvalue weighted by molar-refractivity contribution is -0.163. The summed E-state index contributed by atoms with van der Waals surface area (Å²) in [5, 5.41) is -0.271. The highest BCUT2D eigenvalue weighted by Gasteiger charge is 2.42. The van der Waals surface area contributed by atoms with Gasteiger partial charge in [0, 0.05) is 5.92 Å². The van der Waals surface area contributed by atoms with Crippen molar-refractivity contribution in [2.45, 2.75) is 55.7 Å². The summed E-state index contributed by atoms with van der Waals surface area (Å²) in [5.41, 5.74) is 1.98. The van der Waals surface area contributed by atoms with Crippen LogP contribution in [0.15, 0.2) is 58.3 Å². The Morgan fingerprint density at radius 2 is 1.52 bits per heavy atom. The average Bonchev–Trinajstić information content (AvgIpc) is 2.81. The Morgan fingerprint density at radius 3 is 2.12 bits per heavy atom. The number of esters is 2. The number of aryl methyl sites for hydroxylation is 1. The number of rotatable bonds is 8. The molecule has 0 fully saturated rings. The SMILES string of the molecule is CCOC(=O)C(C(=O)OCC)C1CCCc2cc([S+](C(=O)OCC)c3ccccc3)ccc21. The fourth-order valence-corrected chi connectivity index (χ4v) is 6.04. The molecule has 33 heavy (non-hydrogen) atoms. The maximum absolute atomic E-state index is 12.9. The van der Waals surface area contributed by atoms with Gasteiger partial charge in [-0.2, -0.15) is 4.79 Å². The Morgan fingerprint density at radius 1 is 0.879 bits per heavy atom. The van der Waals surface area contributed by atoms with Gasteiger partial charge in [0.25, 0.3) is 0 Å². The van der Waals surface area contributed by atoms with Gasteiger partial charge >= 0.3 is 17.2 Å². The van der Waals surface area contributed by atoms with Gasteiger partial charge in [-0.3, -0.25) is 9.59 Å². The molecule has 0 saturated carbocycles. The van der Waals surface area contributed by atoms with Crippen LogP contribution in [0.5, 0.6) is 0 Å². The number of hydrogen-bond acceptors (Lipinski definition) is 6. The van der Waals surface area contributed by atoms with Gasteiger partial charge in [-0.1, -0.05) is 24.3 Å². The zero-order valence-corrected chi connectivity index (χ0v) is 20.2. The highest BCUT2D eigenvalue weighted by atomic mass is 32.2. The summed E-state index contributed by atoms with van der Waals surface area (Å²) in [6.07, 6.45) is 2.33. The van der Waals surface area contributed by atoms with Crippen LogP contribution in [0.1, 0.15) is 50.7 Å². The molecule has 1 aliphatic rings. The van der Waals surface area contributed by atoms with Crippen LogP contribution in [-0.2, 0) is 41.1 Å². The Balaban J connectivity index is 2.00. The summed E-state index contributed by atoms with van der Waals surface area (Å²) in [4.78, 5) is 40.0. The van der Waals surface area contributed by atoms with E-state index in [2.05, 4.69) is 0 Å². The molecule has 0 bridgehead atoms. The van der Waals surface area contributed by atoms with Gasteiger partial charge in [0.15, 0.2) is 26.6 Å². The second kappa shape index (κ2) is 11.9. The van der Waals surface area contributed by atoms with Gasteiger partial charge in [0.2, 0.25) is 0 Å². The molecule has 0 aromatic heterocycles. The van der Waals surface area contributed by atoms with Crippen molar-refractivity contribution in [3.8, 4) is 0 Å². The Labute approximate surface area is 198 Å². The first-order valence-corrected chi connectivity index (χ1v) is 12.7. The first kappa shape index (κ1) is 24.8. The molecular weight excluding hydrogens is 440 g/mol. The molecule has 2 unspecified atom stereocenters. The monoisotopic (exact) mass is 471 g/mol. The van der Waals surface area contributed by atoms with Gasteiger partial charge in [-0.05, 0) is 75.4 Å². The highest BCUT2D eigenvalue weighted by Crippen LogP contribution is 2.40. The molecule has 0 aliphatic heterocycles. The topological polar surface area (TPSA) is 78.9 Å². The predicted molar refractivity (Wildman–Crippen MR) is 126 cm³/mol. The third kappa shape index (κ3) is 5.77. The van der Waals surface area contributed by atoms with Crippen molar-refractivity contribution < 1.29 is 28.6 Å². The van der Waals surface area contributed by atoms with Gasteiger partial charge in [-0.15, -0.1) is 0 Å². The molecule has 7 heteroatoms. The lowest BCUT2D eigenvalue weighted by atomic mass is 9.75. The molecular formula is C26H31O6S+. The zero-order chi connectivity index (χ0) is 23.8. The summed E-state index contributed by atoms with van der Waals surface area (Å²) in [5.74, 6) is -2.41. The molecule has 0 saturated heterocycles. The Bertz CT molecular complexity index is 956. The molecule has 3 rings (SSSR count). The lowest BCUT2D eigenvalue weighted by Crippen LogP contribution is -2.35. The van der Waals surface area contributed by atoms with Crippen LogP contribution in [0.4, 0.5) is 4.79 Å². The molecule has 0 spiro atoms. The van der Waals surface area contributed by atoms with Crippen LogP contribution >= 0.6 is 0 Å². The molecule has 2 atom stereocenters. The summed E-state index contributed by atoms with van der Waals surface area (Å²) in [7, 11) is -0.884. The van der Waals surface area contributed by atoms with Crippen LogP contribution in [0.25, 0.3) is 0 Å². The van der Waals surface area contributed by atoms with Crippen molar-refractivity contribution in [2.24, 2.45) is 5.92 Å². The number of fused-ring (bicyclic) bond motifs is 1. The maximum Gasteiger partial charge on any atom is 0.537 e. The zero-order valence-electron chi connectivity index (χ0n) is 19.4. The normalized spacial score (nSPS) is 15.9. The number of carbonyl (C=O) groups is 3. The first-order valence-electron chi connectivity index (χ1n) is 11.4. The van der Waals surface area contributed by atoms with Crippen molar-refractivity contribution in [1.29, 1.82) is 0 Å². The molecule has 1 aliphatic carbocycles. The number of carbonyl (C=O) groups excluding carboxylic acids is 3. The highest BCUT2D eigenvalue weighted by molar-refractivity contribution is 8.10. The molecule has 0 radical (unpaired) electrons. The van der Waals surface area contributed by atoms with E-state index in [0.29, 0.717) is 13.0 Å². The molecule has 176 valence electrons. The molecule has 2 aromatic rings. The number of benzene rings is 2. The van der Waals surface area contributed by atoms with Gasteiger partial charge < -0.3 is 14.2 Å². The number of ether oxygens (including phenoxy) is 3. The second-order valence-electron chi connectivity index (χ2n) is 7.64. The minimum absolute atomic E-state index is 0.201. The van der Waals surface area contributed by atoms with Crippen molar-refractivity contribution in [3.63, 3.8) is 0 Å². The standard InChI is InChI=1S/C26H31O6S/c1-4-30-24(27)23(25(28)31-5-2)22-14-10-11-18-17-20(15-16-21(18)22)33(26(29)32-6-3)19-12-8-7-9-13-19/h7-9,12-13,15-17,22-23H,4-6,10-11,14H2,1-3H3/q+1. The van der Waals surface area contributed by atoms with E-state index in [-0.39, 0.29) is 24.4 Å². The predicted octanol–water partition coefficient (Wildman–Crippen LogP) is 5.04. The summed E-state index contributed by atoms with van der Waals surface area (Å²) in [6.45, 7) is 5.96. The van der Waals surface area contributed by atoms with Crippen LogP contribution in [0.2, 0.25) is 0 Å². The van der Waals surface area contributed by atoms with E-state index in [9.17, 15) is 14.4 Å². The minimum atomic E-state index is -0.993. The smallest absolute Gasteiger partial charge is 0.465 e. The third-order valence-electron chi connectivity index (χ3n) is 5.60. The van der Waals surface area contributed by atoms with Crippen LogP contribution in [0.3, 0.4) is 0 Å². The van der Waals surface area contributed by atoms with E-state index in [1.54, 1.807) is 20.8 Å². The van der Waals surface area contributed by atoms with Crippen molar-refractivity contribution in [3.05, 3.63) is 59.7 Å². The molecule has 2 aromatic carbocycles. The lowest BCUT2D eigenvalue weighted by Gasteiger charge is -2.30. The van der Waals surface area contributed by atoms with Gasteiger partial charge in [0.1, 0.15) is 0 Å². The summed E-state index contributed by atoms with van der Waals surface area (Å²) in [6, 6.07) is 15.5. The number of hydrogen-bond donors (Lipinski definition) is 0. The van der Waals surface area contributed by atoms with Gasteiger partial charge in [-0.25, -0.2) is 0 Å². The summed E-state index contributed by atoms with van der Waals surface area (Å²) >= 11 is 0. The molecule has 0 N–H and O–H groups in total. The molecule has 0 amide bonds. The summed E-state index contributed by atoms with van der Waals surface area (Å²) < 4.78 is 15.8. The minimum Gasteiger partial charge on any atom is -0.465 e. The first-order chi connectivity index (χ1) is 16.0. The van der Waals surface area contributed by atoms with E-state index in [1.165, 1.54) is 0 Å². The van der Waals surface area contributed by atoms with E-state index in [1.807, 2.05) is 48.5 Å². The maximum atomic E-state index is 12.9. The molecule has 6 nitrogen and oxygen atoms in total. The third-order valence-corrected chi connectivity index (χ3v) is 7.52. The Kier molecular flexibility index (Phi) is 8.95. The molecule has 0 heterocycles. The van der Waals surface area contributed by atoms with Crippen LogP contribution in [0, 0.1) is 5.92 Å². The largest absolute Gasteiger partial charge is 0.537 e. The van der Waals surface area contributed by atoms with Gasteiger partial charge in [0.05, 0.1) is 19.8 Å². The van der Waals surface area contributed by atoms with Crippen LogP contribution < -0.4 is 0 Å². The fourth-order valence-electron chi connectivity index (χ4n) is 4.25.